The van der Waals surface area contributed by atoms with Crippen molar-refractivity contribution >= 4 is 0 Å². The molecule has 2 nitrogen and oxygen atoms in total. The molecular formula is C10H14N2. The van der Waals surface area contributed by atoms with Gasteiger partial charge in [0, 0.05) is 17.9 Å². The van der Waals surface area contributed by atoms with E-state index in [1.54, 1.807) is 0 Å². The summed E-state index contributed by atoms with van der Waals surface area (Å²) in [6.45, 7) is 2.03. The summed E-state index contributed by atoms with van der Waals surface area (Å²) >= 11 is 0. The van der Waals surface area contributed by atoms with Crippen molar-refractivity contribution in [3.63, 3.8) is 0 Å². The van der Waals surface area contributed by atoms with E-state index in [1.165, 1.54) is 18.4 Å². The van der Waals surface area contributed by atoms with Gasteiger partial charge in [-0.15, -0.1) is 0 Å². The van der Waals surface area contributed by atoms with Crippen LogP contribution in [0.5, 0.6) is 0 Å². The molecule has 2 rings (SSSR count). The number of hydrogen-bond acceptors (Lipinski definition) is 2. The highest BCUT2D eigenvalue weighted by Crippen LogP contribution is 2.39. The van der Waals surface area contributed by atoms with Crippen LogP contribution in [-0.2, 0) is 0 Å². The quantitative estimate of drug-likeness (QED) is 0.720. The second-order valence-corrected chi connectivity index (χ2v) is 3.54. The van der Waals surface area contributed by atoms with Gasteiger partial charge >= 0.3 is 0 Å². The second-order valence-electron chi connectivity index (χ2n) is 3.54. The van der Waals surface area contributed by atoms with E-state index in [1.807, 2.05) is 19.2 Å². The molecule has 1 aromatic rings. The normalized spacial score (nSPS) is 19.2. The Labute approximate surface area is 72.8 Å². The van der Waals surface area contributed by atoms with Gasteiger partial charge in [-0.3, -0.25) is 4.98 Å². The average Bonchev–Trinajstić information content (AvgIpc) is 2.86. The third-order valence-electron chi connectivity index (χ3n) is 2.54. The molecule has 0 spiro atoms. The van der Waals surface area contributed by atoms with Crippen molar-refractivity contribution in [1.29, 1.82) is 0 Å². The molecule has 1 aromatic heterocycles. The Kier molecular flexibility index (Phi) is 1.85. The van der Waals surface area contributed by atoms with Gasteiger partial charge in [-0.1, -0.05) is 6.07 Å². The molecular weight excluding hydrogens is 148 g/mol. The topological polar surface area (TPSA) is 38.9 Å². The Hall–Kier alpha value is -0.890. The maximum atomic E-state index is 6.06. The summed E-state index contributed by atoms with van der Waals surface area (Å²) in [4.78, 5) is 4.23. The molecule has 1 aliphatic rings. The van der Waals surface area contributed by atoms with E-state index in [2.05, 4.69) is 11.1 Å². The van der Waals surface area contributed by atoms with Gasteiger partial charge in [0.25, 0.3) is 0 Å². The Balaban J connectivity index is 2.25. The van der Waals surface area contributed by atoms with E-state index in [-0.39, 0.29) is 6.04 Å². The van der Waals surface area contributed by atoms with Crippen LogP contribution in [0.15, 0.2) is 18.3 Å². The molecule has 1 unspecified atom stereocenters. The fraction of sp³-hybridized carbons (Fsp3) is 0.500. The van der Waals surface area contributed by atoms with Crippen LogP contribution < -0.4 is 5.73 Å². The fourth-order valence-corrected chi connectivity index (χ4v) is 1.56. The van der Waals surface area contributed by atoms with Crippen LogP contribution in [0.2, 0.25) is 0 Å². The third kappa shape index (κ3) is 1.34. The molecule has 1 aliphatic carbocycles. The summed E-state index contributed by atoms with van der Waals surface area (Å²) in [6, 6.07) is 4.27. The fourth-order valence-electron chi connectivity index (χ4n) is 1.56. The number of nitrogens with zero attached hydrogens (tertiary/aromatic N) is 1. The minimum atomic E-state index is 0.221. The number of aromatic nitrogens is 1. The van der Waals surface area contributed by atoms with Gasteiger partial charge in [-0.2, -0.15) is 0 Å². The van der Waals surface area contributed by atoms with Gasteiger partial charge in [-0.25, -0.2) is 0 Å². The highest BCUT2D eigenvalue weighted by atomic mass is 14.7. The van der Waals surface area contributed by atoms with E-state index >= 15 is 0 Å². The lowest BCUT2D eigenvalue weighted by molar-refractivity contribution is 0.626. The molecule has 0 radical (unpaired) electrons. The minimum Gasteiger partial charge on any atom is -0.324 e. The third-order valence-corrected chi connectivity index (χ3v) is 2.54. The SMILES string of the molecule is Cc1ncccc1C(N)C1CC1. The van der Waals surface area contributed by atoms with Crippen molar-refractivity contribution in [2.75, 3.05) is 0 Å². The van der Waals surface area contributed by atoms with Crippen molar-refractivity contribution in [3.05, 3.63) is 29.6 Å². The van der Waals surface area contributed by atoms with Crippen molar-refractivity contribution in [3.8, 4) is 0 Å². The number of aryl methyl sites for hydroxylation is 1. The lowest BCUT2D eigenvalue weighted by atomic mass is 10.0. The van der Waals surface area contributed by atoms with E-state index < -0.39 is 0 Å². The second kappa shape index (κ2) is 2.87. The van der Waals surface area contributed by atoms with Crippen LogP contribution in [0, 0.1) is 12.8 Å². The van der Waals surface area contributed by atoms with E-state index in [0.29, 0.717) is 5.92 Å². The van der Waals surface area contributed by atoms with Gasteiger partial charge in [0.1, 0.15) is 0 Å². The van der Waals surface area contributed by atoms with E-state index in [0.717, 1.165) is 5.69 Å². The zero-order valence-corrected chi connectivity index (χ0v) is 7.33. The first-order valence-corrected chi connectivity index (χ1v) is 4.46. The van der Waals surface area contributed by atoms with E-state index in [9.17, 15) is 0 Å². The average molecular weight is 162 g/mol. The number of rotatable bonds is 2. The van der Waals surface area contributed by atoms with Crippen LogP contribution in [0.1, 0.15) is 30.1 Å². The first kappa shape index (κ1) is 7.74. The van der Waals surface area contributed by atoms with Gasteiger partial charge in [0.15, 0.2) is 0 Å². The standard InChI is InChI=1S/C10H14N2/c1-7-9(3-2-6-12-7)10(11)8-4-5-8/h2-3,6,8,10H,4-5,11H2,1H3. The summed E-state index contributed by atoms with van der Waals surface area (Å²) in [5.74, 6) is 0.716. The van der Waals surface area contributed by atoms with Crippen molar-refractivity contribution < 1.29 is 0 Å². The highest BCUT2D eigenvalue weighted by Gasteiger charge is 2.30. The van der Waals surface area contributed by atoms with Gasteiger partial charge < -0.3 is 5.73 Å². The molecule has 64 valence electrons. The summed E-state index contributed by atoms with van der Waals surface area (Å²) in [6.07, 6.45) is 4.39. The van der Waals surface area contributed by atoms with Crippen LogP contribution in [0.4, 0.5) is 0 Å². The highest BCUT2D eigenvalue weighted by molar-refractivity contribution is 5.23. The lowest BCUT2D eigenvalue weighted by Crippen LogP contribution is -2.14. The van der Waals surface area contributed by atoms with E-state index in [4.69, 9.17) is 5.73 Å². The molecule has 2 N–H and O–H groups in total. The monoisotopic (exact) mass is 162 g/mol. The summed E-state index contributed by atoms with van der Waals surface area (Å²) in [7, 11) is 0. The van der Waals surface area contributed by atoms with Crippen molar-refractivity contribution in [1.82, 2.24) is 4.98 Å². The summed E-state index contributed by atoms with van der Waals surface area (Å²) in [5, 5.41) is 0. The van der Waals surface area contributed by atoms with Crippen molar-refractivity contribution in [2.45, 2.75) is 25.8 Å². The molecule has 1 fully saturated rings. The van der Waals surface area contributed by atoms with Crippen LogP contribution in [0.25, 0.3) is 0 Å². The zero-order chi connectivity index (χ0) is 8.55. The maximum Gasteiger partial charge on any atom is 0.0420 e. The number of nitrogens with two attached hydrogens (primary N) is 1. The molecule has 12 heavy (non-hydrogen) atoms. The first-order chi connectivity index (χ1) is 5.79. The predicted molar refractivity (Wildman–Crippen MR) is 48.6 cm³/mol. The zero-order valence-electron chi connectivity index (χ0n) is 7.33. The minimum absolute atomic E-state index is 0.221. The smallest absolute Gasteiger partial charge is 0.0420 e. The molecule has 0 bridgehead atoms. The molecule has 0 saturated heterocycles. The molecule has 2 heteroatoms. The molecule has 1 heterocycles. The Morgan fingerprint density at radius 1 is 1.58 bits per heavy atom. The Morgan fingerprint density at radius 2 is 2.33 bits per heavy atom. The molecule has 0 amide bonds. The first-order valence-electron chi connectivity index (χ1n) is 4.46. The summed E-state index contributed by atoms with van der Waals surface area (Å²) in [5.41, 5.74) is 8.36. The van der Waals surface area contributed by atoms with Crippen LogP contribution >= 0.6 is 0 Å². The number of pyridine rings is 1. The lowest BCUT2D eigenvalue weighted by Gasteiger charge is -2.11. The molecule has 0 aromatic carbocycles. The van der Waals surface area contributed by atoms with Gasteiger partial charge in [-0.05, 0) is 37.3 Å². The molecule has 0 aliphatic heterocycles. The molecule has 1 atom stereocenters. The number of hydrogen-bond donors (Lipinski definition) is 1. The van der Waals surface area contributed by atoms with Gasteiger partial charge in [0.2, 0.25) is 0 Å². The Bertz CT molecular complexity index is 279. The predicted octanol–water partition coefficient (Wildman–Crippen LogP) is 1.80. The van der Waals surface area contributed by atoms with Crippen molar-refractivity contribution in [2.24, 2.45) is 11.7 Å². The Morgan fingerprint density at radius 3 is 2.92 bits per heavy atom. The summed E-state index contributed by atoms with van der Waals surface area (Å²) < 4.78 is 0. The molecule has 1 saturated carbocycles. The largest absolute Gasteiger partial charge is 0.324 e. The van der Waals surface area contributed by atoms with Gasteiger partial charge in [0.05, 0.1) is 0 Å². The van der Waals surface area contributed by atoms with Crippen LogP contribution in [0.3, 0.4) is 0 Å². The van der Waals surface area contributed by atoms with Crippen LogP contribution in [-0.4, -0.2) is 4.98 Å². The maximum absolute atomic E-state index is 6.06.